The van der Waals surface area contributed by atoms with Crippen LogP contribution in [0.1, 0.15) is 27.7 Å². The summed E-state index contributed by atoms with van der Waals surface area (Å²) < 4.78 is 91.3. The predicted molar refractivity (Wildman–Crippen MR) is 125 cm³/mol. The Morgan fingerprint density at radius 1 is 1.11 bits per heavy atom. The van der Waals surface area contributed by atoms with Gasteiger partial charge in [0.2, 0.25) is 11.5 Å². The Morgan fingerprint density at radius 2 is 1.73 bits per heavy atom. The lowest BCUT2D eigenvalue weighted by Gasteiger charge is -2.41. The molecule has 2 N–H and O–H groups in total. The fourth-order valence-electron chi connectivity index (χ4n) is 3.46. The van der Waals surface area contributed by atoms with Crippen LogP contribution >= 0.6 is 0 Å². The average molecular weight is 548 g/mol. The lowest BCUT2D eigenvalue weighted by molar-refractivity contribution is -0.242. The number of hydrogen-bond donors (Lipinski definition) is 2. The summed E-state index contributed by atoms with van der Waals surface area (Å²) in [6, 6.07) is 7.01. The van der Waals surface area contributed by atoms with Gasteiger partial charge < -0.3 is 14.8 Å². The molecular formula is C23H25F4N3O6S. The first-order valence-electron chi connectivity index (χ1n) is 10.9. The first-order chi connectivity index (χ1) is 17.0. The van der Waals surface area contributed by atoms with Crippen LogP contribution < -0.4 is 19.7 Å². The molecule has 0 radical (unpaired) electrons. The number of alkyl halides is 3. The molecule has 1 aliphatic rings. The van der Waals surface area contributed by atoms with Gasteiger partial charge in [0, 0.05) is 12.6 Å². The number of sulfonamides is 1. The maximum absolute atomic E-state index is 13.6. The summed E-state index contributed by atoms with van der Waals surface area (Å²) in [5.41, 5.74) is -2.89. The van der Waals surface area contributed by atoms with E-state index in [2.05, 4.69) is 15.4 Å². The van der Waals surface area contributed by atoms with E-state index in [0.29, 0.717) is 13.8 Å². The monoisotopic (exact) mass is 547 g/mol. The van der Waals surface area contributed by atoms with Gasteiger partial charge >= 0.3 is 12.3 Å². The molecule has 0 saturated heterocycles. The zero-order valence-corrected chi connectivity index (χ0v) is 21.0. The van der Waals surface area contributed by atoms with Crippen molar-refractivity contribution in [3.63, 3.8) is 0 Å². The molecule has 1 unspecified atom stereocenters. The fourth-order valence-corrected chi connectivity index (χ4v) is 5.14. The number of ether oxygens (including phenoxy) is 2. The van der Waals surface area contributed by atoms with Crippen LogP contribution in [0.2, 0.25) is 0 Å². The SMILES string of the molecule is CC(=O)NCC1Oc2ccc(NC(=O)OC(C)(C)C(F)(F)F)cc2N(S(=O)(=O)c2ccc(F)cc2)[C@H]1C. The van der Waals surface area contributed by atoms with Crippen LogP contribution in [-0.4, -0.2) is 50.9 Å². The molecule has 14 heteroatoms. The van der Waals surface area contributed by atoms with E-state index >= 15 is 0 Å². The second kappa shape index (κ2) is 10.1. The molecule has 37 heavy (non-hydrogen) atoms. The Labute approximate surface area is 210 Å². The van der Waals surface area contributed by atoms with E-state index in [0.717, 1.165) is 28.6 Å². The van der Waals surface area contributed by atoms with Crippen molar-refractivity contribution in [3.05, 3.63) is 48.3 Å². The Bertz CT molecular complexity index is 1280. The molecule has 3 rings (SSSR count). The van der Waals surface area contributed by atoms with E-state index in [9.17, 15) is 35.6 Å². The summed E-state index contributed by atoms with van der Waals surface area (Å²) in [4.78, 5) is 23.4. The number of nitrogens with one attached hydrogen (secondary N) is 2. The Kier molecular flexibility index (Phi) is 7.63. The third kappa shape index (κ3) is 6.06. The van der Waals surface area contributed by atoms with E-state index < -0.39 is 45.9 Å². The maximum Gasteiger partial charge on any atom is 0.427 e. The molecule has 9 nitrogen and oxygen atoms in total. The Hall–Kier alpha value is -3.55. The minimum atomic E-state index is -4.83. The number of rotatable bonds is 6. The normalized spacial score (nSPS) is 17.9. The van der Waals surface area contributed by atoms with Gasteiger partial charge in [-0.15, -0.1) is 0 Å². The third-order valence-corrected chi connectivity index (χ3v) is 7.50. The van der Waals surface area contributed by atoms with Gasteiger partial charge in [0.15, 0.2) is 0 Å². The highest BCUT2D eigenvalue weighted by molar-refractivity contribution is 7.92. The number of anilines is 2. The standard InChI is InChI=1S/C23H25F4N3O6S/c1-13-20(12-28-14(2)31)35-19-10-7-16(29-21(32)36-22(3,4)23(25,26)27)11-18(19)30(13)37(33,34)17-8-5-15(24)6-9-17/h5-11,13,20H,12H2,1-4H3,(H,28,31)(H,29,32)/t13-,20?/m0/s1. The quantitative estimate of drug-likeness (QED) is 0.525. The number of hydrogen-bond acceptors (Lipinski definition) is 6. The molecule has 202 valence electrons. The van der Waals surface area contributed by atoms with Crippen molar-refractivity contribution in [2.45, 2.75) is 56.5 Å². The molecule has 0 aliphatic carbocycles. The minimum absolute atomic E-state index is 0.0375. The summed E-state index contributed by atoms with van der Waals surface area (Å²) in [5, 5.41) is 4.73. The van der Waals surface area contributed by atoms with Gasteiger partial charge in [0.1, 0.15) is 17.7 Å². The molecule has 0 aromatic heterocycles. The van der Waals surface area contributed by atoms with Crippen molar-refractivity contribution < 1.29 is 45.0 Å². The fraction of sp³-hybridized carbons (Fsp3) is 0.391. The summed E-state index contributed by atoms with van der Waals surface area (Å²) in [6.45, 7) is 4.13. The van der Waals surface area contributed by atoms with Crippen LogP contribution in [0.3, 0.4) is 0 Å². The maximum atomic E-state index is 13.6. The van der Waals surface area contributed by atoms with Crippen LogP contribution in [0.5, 0.6) is 5.75 Å². The first kappa shape index (κ1) is 28.0. The molecule has 0 fully saturated rings. The molecule has 1 aliphatic heterocycles. The molecule has 2 aromatic carbocycles. The van der Waals surface area contributed by atoms with Crippen molar-refractivity contribution in [2.24, 2.45) is 0 Å². The highest BCUT2D eigenvalue weighted by Crippen LogP contribution is 2.41. The highest BCUT2D eigenvalue weighted by atomic mass is 32.2. The van der Waals surface area contributed by atoms with E-state index in [-0.39, 0.29) is 34.5 Å². The largest absolute Gasteiger partial charge is 0.484 e. The summed E-state index contributed by atoms with van der Waals surface area (Å²) in [5.74, 6) is -0.951. The number of fused-ring (bicyclic) bond motifs is 1. The van der Waals surface area contributed by atoms with Crippen molar-refractivity contribution in [3.8, 4) is 5.75 Å². The van der Waals surface area contributed by atoms with Crippen LogP contribution in [0.4, 0.5) is 33.7 Å². The third-order valence-electron chi connectivity index (χ3n) is 5.58. The predicted octanol–water partition coefficient (Wildman–Crippen LogP) is 4.20. The smallest absolute Gasteiger partial charge is 0.427 e. The summed E-state index contributed by atoms with van der Waals surface area (Å²) in [6.07, 6.45) is -7.07. The topological polar surface area (TPSA) is 114 Å². The van der Waals surface area contributed by atoms with Crippen molar-refractivity contribution in [1.82, 2.24) is 5.32 Å². The minimum Gasteiger partial charge on any atom is -0.484 e. The first-order valence-corrected chi connectivity index (χ1v) is 12.4. The molecule has 2 atom stereocenters. The van der Waals surface area contributed by atoms with Gasteiger partial charge in [0.25, 0.3) is 10.0 Å². The summed E-state index contributed by atoms with van der Waals surface area (Å²) >= 11 is 0. The van der Waals surface area contributed by atoms with Crippen LogP contribution in [0, 0.1) is 5.82 Å². The van der Waals surface area contributed by atoms with E-state index in [4.69, 9.17) is 4.74 Å². The molecule has 0 saturated carbocycles. The number of nitrogens with zero attached hydrogens (tertiary/aromatic N) is 1. The zero-order valence-electron chi connectivity index (χ0n) is 20.2. The van der Waals surface area contributed by atoms with E-state index in [1.165, 1.54) is 32.0 Å². The van der Waals surface area contributed by atoms with Gasteiger partial charge in [0.05, 0.1) is 23.2 Å². The average Bonchev–Trinajstić information content (AvgIpc) is 2.76. The van der Waals surface area contributed by atoms with Gasteiger partial charge in [-0.25, -0.2) is 17.6 Å². The molecule has 0 bridgehead atoms. The lowest BCUT2D eigenvalue weighted by Crippen LogP contribution is -2.54. The zero-order chi connectivity index (χ0) is 27.8. The van der Waals surface area contributed by atoms with Crippen LogP contribution in [-0.2, 0) is 19.6 Å². The Balaban J connectivity index is 2.00. The molecular weight excluding hydrogens is 522 g/mol. The van der Waals surface area contributed by atoms with Gasteiger partial charge in [-0.05, 0) is 63.2 Å². The Morgan fingerprint density at radius 3 is 2.30 bits per heavy atom. The van der Waals surface area contributed by atoms with E-state index in [1.54, 1.807) is 0 Å². The van der Waals surface area contributed by atoms with Gasteiger partial charge in [-0.2, -0.15) is 13.2 Å². The molecule has 0 spiro atoms. The summed E-state index contributed by atoms with van der Waals surface area (Å²) in [7, 11) is -4.33. The highest BCUT2D eigenvalue weighted by Gasteiger charge is 2.51. The number of carbonyl (C=O) groups is 2. The number of amides is 2. The van der Waals surface area contributed by atoms with Gasteiger partial charge in [-0.3, -0.25) is 14.4 Å². The number of benzene rings is 2. The molecule has 1 heterocycles. The van der Waals surface area contributed by atoms with Gasteiger partial charge in [-0.1, -0.05) is 0 Å². The molecule has 2 amide bonds. The lowest BCUT2D eigenvalue weighted by atomic mass is 10.1. The van der Waals surface area contributed by atoms with Crippen LogP contribution in [0.25, 0.3) is 0 Å². The van der Waals surface area contributed by atoms with Crippen molar-refractivity contribution in [1.29, 1.82) is 0 Å². The van der Waals surface area contributed by atoms with Crippen LogP contribution in [0.15, 0.2) is 47.4 Å². The van der Waals surface area contributed by atoms with E-state index in [1.807, 2.05) is 0 Å². The second-order valence-corrected chi connectivity index (χ2v) is 10.6. The van der Waals surface area contributed by atoms with Crippen molar-refractivity contribution >= 4 is 33.4 Å². The number of carbonyl (C=O) groups excluding carboxylic acids is 2. The van der Waals surface area contributed by atoms with Crippen molar-refractivity contribution in [2.75, 3.05) is 16.2 Å². The number of halogens is 4. The second-order valence-electron chi connectivity index (χ2n) is 8.79. The molecule has 2 aromatic rings.